The van der Waals surface area contributed by atoms with Crippen LogP contribution in [0.25, 0.3) is 0 Å². The predicted octanol–water partition coefficient (Wildman–Crippen LogP) is 2.63. The predicted molar refractivity (Wildman–Crippen MR) is 69.8 cm³/mol. The third-order valence-corrected chi connectivity index (χ3v) is 3.93. The molecule has 8 heteroatoms. The van der Waals surface area contributed by atoms with Gasteiger partial charge in [0.05, 0.1) is 0 Å². The third kappa shape index (κ3) is 3.12. The molecular formula is C12H18F3N5. The van der Waals surface area contributed by atoms with Gasteiger partial charge < -0.3 is 10.7 Å². The summed E-state index contributed by atoms with van der Waals surface area (Å²) in [6.45, 7) is 4.23. The summed E-state index contributed by atoms with van der Waals surface area (Å²) in [6.07, 6.45) is -2.63. The molecule has 1 fully saturated rings. The first-order valence-electron chi connectivity index (χ1n) is 6.50. The van der Waals surface area contributed by atoms with Gasteiger partial charge in [0.15, 0.2) is 0 Å². The van der Waals surface area contributed by atoms with Crippen molar-refractivity contribution in [1.29, 1.82) is 0 Å². The number of nitrogens with one attached hydrogen (secondary N) is 2. The van der Waals surface area contributed by atoms with Crippen molar-refractivity contribution in [3.63, 3.8) is 0 Å². The molecule has 1 saturated carbocycles. The number of aromatic nitrogens is 2. The van der Waals surface area contributed by atoms with E-state index in [0.717, 1.165) is 12.8 Å². The van der Waals surface area contributed by atoms with E-state index in [-0.39, 0.29) is 17.7 Å². The zero-order chi connectivity index (χ0) is 14.9. The maximum absolute atomic E-state index is 12.7. The molecular weight excluding hydrogens is 271 g/mol. The van der Waals surface area contributed by atoms with E-state index >= 15 is 0 Å². The molecule has 1 aromatic rings. The molecule has 0 amide bonds. The summed E-state index contributed by atoms with van der Waals surface area (Å²) in [6, 6.07) is 1.50. The molecule has 3 unspecified atom stereocenters. The first-order valence-corrected chi connectivity index (χ1v) is 6.50. The largest absolute Gasteiger partial charge is 0.451 e. The molecule has 3 atom stereocenters. The lowest BCUT2D eigenvalue weighted by Gasteiger charge is -2.21. The lowest BCUT2D eigenvalue weighted by atomic mass is 9.98. The molecule has 0 aliphatic heterocycles. The molecule has 1 heterocycles. The summed E-state index contributed by atoms with van der Waals surface area (Å²) in [7, 11) is 0. The Balaban J connectivity index is 2.23. The number of nitrogens with zero attached hydrogens (tertiary/aromatic N) is 2. The van der Waals surface area contributed by atoms with Gasteiger partial charge in [-0.2, -0.15) is 13.2 Å². The standard InChI is InChI=1S/C12H18F3N5/c1-6-3-4-8(7(6)2)17-9-5-10(20-16)19-11(18-9)12(13,14)15/h5-8H,3-4,16H2,1-2H3,(H2,17,18,19,20). The van der Waals surface area contributed by atoms with Crippen LogP contribution in [0.15, 0.2) is 6.07 Å². The molecule has 1 aliphatic carbocycles. The Morgan fingerprint density at radius 1 is 1.20 bits per heavy atom. The Morgan fingerprint density at radius 3 is 2.35 bits per heavy atom. The summed E-state index contributed by atoms with van der Waals surface area (Å²) in [5.74, 6) is 4.96. The summed E-state index contributed by atoms with van der Waals surface area (Å²) in [5.41, 5.74) is 2.13. The zero-order valence-corrected chi connectivity index (χ0v) is 11.3. The van der Waals surface area contributed by atoms with Gasteiger partial charge in [-0.25, -0.2) is 15.8 Å². The Hall–Kier alpha value is -1.57. The van der Waals surface area contributed by atoms with Crippen molar-refractivity contribution in [2.75, 3.05) is 10.7 Å². The highest BCUT2D eigenvalue weighted by atomic mass is 19.4. The Bertz CT molecular complexity index is 477. The molecule has 20 heavy (non-hydrogen) atoms. The summed E-state index contributed by atoms with van der Waals surface area (Å²) in [5, 5.41) is 3.06. The second kappa shape index (κ2) is 5.43. The number of halogens is 3. The molecule has 0 aromatic carbocycles. The van der Waals surface area contributed by atoms with E-state index in [9.17, 15) is 13.2 Å². The zero-order valence-electron chi connectivity index (χ0n) is 11.3. The van der Waals surface area contributed by atoms with Gasteiger partial charge in [-0.15, -0.1) is 0 Å². The van der Waals surface area contributed by atoms with Crippen molar-refractivity contribution >= 4 is 11.6 Å². The van der Waals surface area contributed by atoms with E-state index in [0.29, 0.717) is 11.8 Å². The van der Waals surface area contributed by atoms with Gasteiger partial charge in [-0.05, 0) is 24.7 Å². The molecule has 2 rings (SSSR count). The fraction of sp³-hybridized carbons (Fsp3) is 0.667. The number of hydrogen-bond acceptors (Lipinski definition) is 5. The second-order valence-corrected chi connectivity index (χ2v) is 5.27. The average molecular weight is 289 g/mol. The van der Waals surface area contributed by atoms with Crippen molar-refractivity contribution < 1.29 is 13.2 Å². The molecule has 0 saturated heterocycles. The number of nitrogen functional groups attached to an aromatic ring is 1. The SMILES string of the molecule is CC1CCC(Nc2cc(NN)nc(C(F)(F)F)n2)C1C. The van der Waals surface area contributed by atoms with Crippen LogP contribution >= 0.6 is 0 Å². The minimum Gasteiger partial charge on any atom is -0.367 e. The average Bonchev–Trinajstić information content (AvgIpc) is 2.69. The van der Waals surface area contributed by atoms with Gasteiger partial charge in [0.25, 0.3) is 0 Å². The molecule has 4 N–H and O–H groups in total. The van der Waals surface area contributed by atoms with Crippen molar-refractivity contribution in [1.82, 2.24) is 9.97 Å². The molecule has 1 aliphatic rings. The van der Waals surface area contributed by atoms with Crippen molar-refractivity contribution in [3.05, 3.63) is 11.9 Å². The van der Waals surface area contributed by atoms with Gasteiger partial charge >= 0.3 is 6.18 Å². The molecule has 0 spiro atoms. The number of hydrogen-bond donors (Lipinski definition) is 3. The molecule has 112 valence electrons. The van der Waals surface area contributed by atoms with Crippen molar-refractivity contribution in [2.24, 2.45) is 17.7 Å². The van der Waals surface area contributed by atoms with Crippen molar-refractivity contribution in [3.8, 4) is 0 Å². The second-order valence-electron chi connectivity index (χ2n) is 5.27. The van der Waals surface area contributed by atoms with Gasteiger partial charge in [-0.1, -0.05) is 13.8 Å². The lowest BCUT2D eigenvalue weighted by molar-refractivity contribution is -0.144. The van der Waals surface area contributed by atoms with Gasteiger partial charge in [0, 0.05) is 12.1 Å². The van der Waals surface area contributed by atoms with Crippen molar-refractivity contribution in [2.45, 2.75) is 38.9 Å². The summed E-state index contributed by atoms with van der Waals surface area (Å²) < 4.78 is 38.1. The normalized spacial score (nSPS) is 26.6. The highest BCUT2D eigenvalue weighted by Crippen LogP contribution is 2.34. The lowest BCUT2D eigenvalue weighted by Crippen LogP contribution is -2.26. The Morgan fingerprint density at radius 2 is 1.85 bits per heavy atom. The van der Waals surface area contributed by atoms with E-state index in [2.05, 4.69) is 34.6 Å². The monoisotopic (exact) mass is 289 g/mol. The maximum Gasteiger partial charge on any atom is 0.451 e. The highest BCUT2D eigenvalue weighted by Gasteiger charge is 2.36. The van der Waals surface area contributed by atoms with E-state index < -0.39 is 12.0 Å². The number of rotatable bonds is 3. The van der Waals surface area contributed by atoms with E-state index in [1.165, 1.54) is 6.07 Å². The first kappa shape index (κ1) is 14.8. The quantitative estimate of drug-likeness (QED) is 0.589. The topological polar surface area (TPSA) is 75.9 Å². The molecule has 0 radical (unpaired) electrons. The summed E-state index contributed by atoms with van der Waals surface area (Å²) in [4.78, 5) is 6.85. The van der Waals surface area contributed by atoms with Crippen LogP contribution in [0.5, 0.6) is 0 Å². The first-order chi connectivity index (χ1) is 9.31. The minimum absolute atomic E-state index is 0.0616. The Labute approximate surface area is 115 Å². The Kier molecular flexibility index (Phi) is 4.03. The van der Waals surface area contributed by atoms with Crippen LogP contribution < -0.4 is 16.6 Å². The van der Waals surface area contributed by atoms with Crippen LogP contribution in [0.4, 0.5) is 24.8 Å². The number of nitrogens with two attached hydrogens (primary N) is 1. The van der Waals surface area contributed by atoms with Crippen LogP contribution in [-0.2, 0) is 6.18 Å². The fourth-order valence-electron chi connectivity index (χ4n) is 2.48. The minimum atomic E-state index is -4.60. The maximum atomic E-state index is 12.7. The van der Waals surface area contributed by atoms with Crippen LogP contribution in [-0.4, -0.2) is 16.0 Å². The van der Waals surface area contributed by atoms with Crippen LogP contribution in [0.2, 0.25) is 0 Å². The molecule has 5 nitrogen and oxygen atoms in total. The molecule has 0 bridgehead atoms. The number of anilines is 2. The fourth-order valence-corrected chi connectivity index (χ4v) is 2.48. The highest BCUT2D eigenvalue weighted by molar-refractivity contribution is 5.48. The van der Waals surface area contributed by atoms with Crippen LogP contribution in [0, 0.1) is 11.8 Å². The van der Waals surface area contributed by atoms with E-state index in [4.69, 9.17) is 5.84 Å². The third-order valence-electron chi connectivity index (χ3n) is 3.93. The van der Waals surface area contributed by atoms with Crippen LogP contribution in [0.3, 0.4) is 0 Å². The number of hydrazine groups is 1. The molecule has 1 aromatic heterocycles. The summed E-state index contributed by atoms with van der Waals surface area (Å²) >= 11 is 0. The number of alkyl halides is 3. The smallest absolute Gasteiger partial charge is 0.367 e. The van der Waals surface area contributed by atoms with Gasteiger partial charge in [0.1, 0.15) is 11.6 Å². The van der Waals surface area contributed by atoms with E-state index in [1.807, 2.05) is 0 Å². The van der Waals surface area contributed by atoms with Gasteiger partial charge in [-0.3, -0.25) is 0 Å². The van der Waals surface area contributed by atoms with E-state index in [1.54, 1.807) is 0 Å². The van der Waals surface area contributed by atoms with Crippen LogP contribution in [0.1, 0.15) is 32.5 Å². The van der Waals surface area contributed by atoms with Gasteiger partial charge in [0.2, 0.25) is 5.82 Å².